The Hall–Kier alpha value is -1.06. The van der Waals surface area contributed by atoms with Crippen molar-refractivity contribution in [3.8, 4) is 0 Å². The third kappa shape index (κ3) is 3.78. The van der Waals surface area contributed by atoms with Gasteiger partial charge in [0.2, 0.25) is 10.0 Å². The molecule has 7 nitrogen and oxygen atoms in total. The summed E-state index contributed by atoms with van der Waals surface area (Å²) in [5.74, 6) is 0. The first-order valence-corrected chi connectivity index (χ1v) is 8.51. The fourth-order valence-corrected chi connectivity index (χ4v) is 4.16. The van der Waals surface area contributed by atoms with Crippen LogP contribution in [0.25, 0.3) is 0 Å². The SMILES string of the molecule is NCc1ncccc1S(=O)(=O)N1CCCN(CCO)CC1. The average Bonchev–Trinajstić information content (AvgIpc) is 2.74. The summed E-state index contributed by atoms with van der Waals surface area (Å²) in [7, 11) is -3.56. The summed E-state index contributed by atoms with van der Waals surface area (Å²) in [6, 6.07) is 3.17. The highest BCUT2D eigenvalue weighted by atomic mass is 32.2. The van der Waals surface area contributed by atoms with Gasteiger partial charge in [0.1, 0.15) is 4.90 Å². The van der Waals surface area contributed by atoms with Gasteiger partial charge in [-0.15, -0.1) is 0 Å². The molecule has 1 fully saturated rings. The van der Waals surface area contributed by atoms with Crippen molar-refractivity contribution < 1.29 is 13.5 Å². The van der Waals surface area contributed by atoms with Crippen molar-refractivity contribution in [2.24, 2.45) is 5.73 Å². The molecule has 0 aromatic carbocycles. The lowest BCUT2D eigenvalue weighted by Gasteiger charge is -2.22. The Bertz CT molecular complexity index is 564. The van der Waals surface area contributed by atoms with Crippen LogP contribution in [0.1, 0.15) is 12.1 Å². The molecule has 1 saturated heterocycles. The molecule has 3 N–H and O–H groups in total. The van der Waals surface area contributed by atoms with Crippen LogP contribution < -0.4 is 5.73 Å². The van der Waals surface area contributed by atoms with Gasteiger partial charge in [-0.2, -0.15) is 4.31 Å². The molecule has 1 aliphatic heterocycles. The topological polar surface area (TPSA) is 99.8 Å². The number of rotatable bonds is 5. The quantitative estimate of drug-likeness (QED) is 0.740. The van der Waals surface area contributed by atoms with Crippen molar-refractivity contribution >= 4 is 10.0 Å². The fraction of sp³-hybridized carbons (Fsp3) is 0.615. The van der Waals surface area contributed by atoms with E-state index in [4.69, 9.17) is 10.8 Å². The van der Waals surface area contributed by atoms with Crippen LogP contribution >= 0.6 is 0 Å². The summed E-state index contributed by atoms with van der Waals surface area (Å²) < 4.78 is 27.0. The molecule has 0 bridgehead atoms. The largest absolute Gasteiger partial charge is 0.395 e. The zero-order valence-corrected chi connectivity index (χ0v) is 12.8. The molecule has 0 unspecified atom stereocenters. The highest BCUT2D eigenvalue weighted by Gasteiger charge is 2.28. The van der Waals surface area contributed by atoms with Gasteiger partial charge >= 0.3 is 0 Å². The zero-order valence-electron chi connectivity index (χ0n) is 12.0. The van der Waals surface area contributed by atoms with Crippen LogP contribution in [0.3, 0.4) is 0 Å². The molecule has 21 heavy (non-hydrogen) atoms. The van der Waals surface area contributed by atoms with Crippen LogP contribution in [-0.4, -0.2) is 67.0 Å². The van der Waals surface area contributed by atoms with E-state index in [2.05, 4.69) is 9.88 Å². The predicted molar refractivity (Wildman–Crippen MR) is 79.0 cm³/mol. The lowest BCUT2D eigenvalue weighted by atomic mass is 10.3. The van der Waals surface area contributed by atoms with Gasteiger partial charge in [0, 0.05) is 38.9 Å². The van der Waals surface area contributed by atoms with E-state index in [0.717, 1.165) is 13.0 Å². The average molecular weight is 314 g/mol. The van der Waals surface area contributed by atoms with Crippen LogP contribution in [0.15, 0.2) is 23.2 Å². The molecule has 0 radical (unpaired) electrons. The van der Waals surface area contributed by atoms with Crippen LogP contribution in [-0.2, 0) is 16.6 Å². The van der Waals surface area contributed by atoms with E-state index in [9.17, 15) is 8.42 Å². The first kappa shape index (κ1) is 16.3. The zero-order chi connectivity index (χ0) is 15.3. The van der Waals surface area contributed by atoms with Crippen molar-refractivity contribution in [1.82, 2.24) is 14.2 Å². The van der Waals surface area contributed by atoms with Crippen LogP contribution in [0, 0.1) is 0 Å². The van der Waals surface area contributed by atoms with Crippen LogP contribution in [0.5, 0.6) is 0 Å². The molecule has 2 rings (SSSR count). The second kappa shape index (κ2) is 7.28. The maximum atomic E-state index is 12.7. The summed E-state index contributed by atoms with van der Waals surface area (Å²) in [5.41, 5.74) is 5.99. The molecule has 0 saturated carbocycles. The molecular formula is C13H22N4O3S. The Labute approximate surface area is 125 Å². The smallest absolute Gasteiger partial charge is 0.244 e. The van der Waals surface area contributed by atoms with Crippen molar-refractivity contribution in [1.29, 1.82) is 0 Å². The number of pyridine rings is 1. The molecule has 8 heteroatoms. The Morgan fingerprint density at radius 2 is 2.10 bits per heavy atom. The summed E-state index contributed by atoms with van der Waals surface area (Å²) >= 11 is 0. The fourth-order valence-electron chi connectivity index (χ4n) is 2.50. The monoisotopic (exact) mass is 314 g/mol. The van der Waals surface area contributed by atoms with Gasteiger partial charge in [0.15, 0.2) is 0 Å². The summed E-state index contributed by atoms with van der Waals surface area (Å²) in [6.45, 7) is 3.08. The minimum absolute atomic E-state index is 0.0900. The Balaban J connectivity index is 2.19. The van der Waals surface area contributed by atoms with E-state index in [0.29, 0.717) is 31.9 Å². The number of sulfonamides is 1. The van der Waals surface area contributed by atoms with Gasteiger partial charge in [0.25, 0.3) is 0 Å². The highest BCUT2D eigenvalue weighted by molar-refractivity contribution is 7.89. The molecule has 0 amide bonds. The maximum absolute atomic E-state index is 12.7. The number of aliphatic hydroxyl groups is 1. The minimum Gasteiger partial charge on any atom is -0.395 e. The Morgan fingerprint density at radius 3 is 2.81 bits per heavy atom. The van der Waals surface area contributed by atoms with Crippen molar-refractivity contribution in [3.05, 3.63) is 24.0 Å². The number of nitrogens with two attached hydrogens (primary N) is 1. The molecule has 0 spiro atoms. The predicted octanol–water partition coefficient (Wildman–Crippen LogP) is -0.771. The number of β-amino-alcohol motifs (C(OH)–C–C–N with tert-alkyl or cyclic N) is 1. The van der Waals surface area contributed by atoms with Crippen molar-refractivity contribution in [2.45, 2.75) is 17.9 Å². The second-order valence-electron chi connectivity index (χ2n) is 4.98. The maximum Gasteiger partial charge on any atom is 0.244 e. The van der Waals surface area contributed by atoms with Crippen molar-refractivity contribution in [2.75, 3.05) is 39.3 Å². The number of hydrogen-bond acceptors (Lipinski definition) is 6. The normalized spacial score (nSPS) is 18.6. The molecule has 1 aromatic heterocycles. The minimum atomic E-state index is -3.56. The Morgan fingerprint density at radius 1 is 1.29 bits per heavy atom. The van der Waals surface area contributed by atoms with E-state index in [1.807, 2.05) is 0 Å². The summed E-state index contributed by atoms with van der Waals surface area (Å²) in [4.78, 5) is 6.32. The summed E-state index contributed by atoms with van der Waals surface area (Å²) in [5, 5.41) is 8.99. The molecule has 1 aliphatic rings. The van der Waals surface area contributed by atoms with Gasteiger partial charge in [-0.1, -0.05) is 0 Å². The van der Waals surface area contributed by atoms with Gasteiger partial charge in [-0.3, -0.25) is 9.88 Å². The van der Waals surface area contributed by atoms with E-state index >= 15 is 0 Å². The number of aliphatic hydroxyl groups excluding tert-OH is 1. The third-order valence-electron chi connectivity index (χ3n) is 3.62. The lowest BCUT2D eigenvalue weighted by molar-refractivity contribution is 0.202. The first-order valence-electron chi connectivity index (χ1n) is 7.07. The molecular weight excluding hydrogens is 292 g/mol. The number of aromatic nitrogens is 1. The highest BCUT2D eigenvalue weighted by Crippen LogP contribution is 2.19. The second-order valence-corrected chi connectivity index (χ2v) is 6.88. The van der Waals surface area contributed by atoms with Gasteiger partial charge < -0.3 is 10.8 Å². The molecule has 118 valence electrons. The van der Waals surface area contributed by atoms with E-state index < -0.39 is 10.0 Å². The molecule has 1 aromatic rings. The molecule has 2 heterocycles. The van der Waals surface area contributed by atoms with Gasteiger partial charge in [0.05, 0.1) is 12.3 Å². The number of nitrogens with zero attached hydrogens (tertiary/aromatic N) is 3. The van der Waals surface area contributed by atoms with Gasteiger partial charge in [-0.25, -0.2) is 8.42 Å². The van der Waals surface area contributed by atoms with Crippen LogP contribution in [0.4, 0.5) is 0 Å². The summed E-state index contributed by atoms with van der Waals surface area (Å²) in [6.07, 6.45) is 2.30. The first-order chi connectivity index (χ1) is 10.1. The molecule has 0 aliphatic carbocycles. The molecule has 0 atom stereocenters. The standard InChI is InChI=1S/C13H22N4O3S/c14-11-12-13(3-1-4-15-12)21(19,20)17-6-2-5-16(7-8-17)9-10-18/h1,3-4,18H,2,5-11,14H2. The Kier molecular flexibility index (Phi) is 5.65. The van der Waals surface area contributed by atoms with Gasteiger partial charge in [-0.05, 0) is 25.1 Å². The van der Waals surface area contributed by atoms with Crippen LogP contribution in [0.2, 0.25) is 0 Å². The van der Waals surface area contributed by atoms with E-state index in [-0.39, 0.29) is 18.0 Å². The third-order valence-corrected chi connectivity index (χ3v) is 5.60. The number of hydrogen-bond donors (Lipinski definition) is 2. The van der Waals surface area contributed by atoms with E-state index in [1.165, 1.54) is 4.31 Å². The van der Waals surface area contributed by atoms with E-state index in [1.54, 1.807) is 18.3 Å². The lowest BCUT2D eigenvalue weighted by Crippen LogP contribution is -2.36. The van der Waals surface area contributed by atoms with Crippen molar-refractivity contribution in [3.63, 3.8) is 0 Å².